The van der Waals surface area contributed by atoms with Crippen LogP contribution in [0.25, 0.3) is 0 Å². The highest BCUT2D eigenvalue weighted by molar-refractivity contribution is 8.45. The van der Waals surface area contributed by atoms with E-state index in [2.05, 4.69) is 4.72 Å². The fraction of sp³-hybridized carbons (Fsp3) is 0.500. The summed E-state index contributed by atoms with van der Waals surface area (Å²) < 4.78 is 90.5. The van der Waals surface area contributed by atoms with Crippen LogP contribution < -0.4 is 4.72 Å². The molecule has 1 aromatic rings. The van der Waals surface area contributed by atoms with Crippen LogP contribution >= 0.6 is 10.2 Å². The molecule has 0 saturated heterocycles. The molecular weight excluding hydrogens is 352 g/mol. The maximum atomic E-state index is 13.8. The number of benzene rings is 1. The Morgan fingerprint density at radius 3 is 2.00 bits per heavy atom. The van der Waals surface area contributed by atoms with E-state index in [4.69, 9.17) is 0 Å². The minimum atomic E-state index is -9.91. The molecule has 0 unspecified atom stereocenters. The summed E-state index contributed by atoms with van der Waals surface area (Å²) >= 11 is 0. The average Bonchev–Trinajstić information content (AvgIpc) is 2.23. The van der Waals surface area contributed by atoms with Gasteiger partial charge >= 0.3 is 10.2 Å². The van der Waals surface area contributed by atoms with Crippen molar-refractivity contribution in [2.75, 3.05) is 0 Å². The fourth-order valence-corrected chi connectivity index (χ4v) is 2.95. The van der Waals surface area contributed by atoms with Crippen LogP contribution in [-0.4, -0.2) is 8.96 Å². The van der Waals surface area contributed by atoms with Crippen molar-refractivity contribution in [2.45, 2.75) is 43.4 Å². The number of halogens is 6. The highest BCUT2D eigenvalue weighted by Gasteiger charge is 2.65. The number of rotatable bonds is 4. The van der Waals surface area contributed by atoms with Gasteiger partial charge in [0.05, 0.1) is 15.7 Å². The minimum Gasteiger partial charge on any atom is -0.242 e. The Labute approximate surface area is 127 Å². The van der Waals surface area contributed by atoms with E-state index in [1.807, 2.05) is 0 Å². The highest BCUT2D eigenvalue weighted by atomic mass is 32.5. The SMILES string of the molecule is C[C@@H](N[S@@](=O)C(C)(C)C)c1ccc(S(F)(F)(F)(F)F)cc1F. The third kappa shape index (κ3) is 4.88. The third-order valence-electron chi connectivity index (χ3n) is 2.72. The second-order valence-electron chi connectivity index (χ2n) is 5.87. The first-order valence-corrected chi connectivity index (χ1v) is 9.23. The topological polar surface area (TPSA) is 29.1 Å². The van der Waals surface area contributed by atoms with Gasteiger partial charge < -0.3 is 0 Å². The smallest absolute Gasteiger partial charge is 0.242 e. The van der Waals surface area contributed by atoms with Crippen LogP contribution in [0.4, 0.5) is 23.8 Å². The molecule has 0 fully saturated rings. The van der Waals surface area contributed by atoms with Crippen molar-refractivity contribution in [2.24, 2.45) is 0 Å². The summed E-state index contributed by atoms with van der Waals surface area (Å²) in [6.45, 7) is 6.32. The van der Waals surface area contributed by atoms with Crippen LogP contribution in [0.15, 0.2) is 23.1 Å². The van der Waals surface area contributed by atoms with Crippen LogP contribution in [0, 0.1) is 5.82 Å². The van der Waals surface area contributed by atoms with Gasteiger partial charge in [-0.1, -0.05) is 25.5 Å². The molecule has 1 aromatic carbocycles. The van der Waals surface area contributed by atoms with Gasteiger partial charge in [-0.05, 0) is 39.8 Å². The first-order chi connectivity index (χ1) is 9.41. The summed E-state index contributed by atoms with van der Waals surface area (Å²) in [5.41, 5.74) is -0.275. The molecule has 2 atom stereocenters. The molecule has 0 radical (unpaired) electrons. The summed E-state index contributed by atoms with van der Waals surface area (Å²) in [4.78, 5) is -2.29. The van der Waals surface area contributed by atoms with E-state index in [-0.39, 0.29) is 17.7 Å². The molecule has 1 rings (SSSR count). The lowest BCUT2D eigenvalue weighted by molar-refractivity contribution is 0.362. The molecule has 0 saturated carbocycles. The van der Waals surface area contributed by atoms with Gasteiger partial charge in [-0.25, -0.2) is 13.3 Å². The summed E-state index contributed by atoms with van der Waals surface area (Å²) in [5.74, 6) is -1.43. The van der Waals surface area contributed by atoms with Gasteiger partial charge in [0.1, 0.15) is 10.7 Å². The maximum Gasteiger partial charge on any atom is 0.310 e. The van der Waals surface area contributed by atoms with Crippen molar-refractivity contribution in [1.82, 2.24) is 4.72 Å². The second-order valence-corrected chi connectivity index (χ2v) is 10.3. The zero-order chi connectivity index (χ0) is 17.6. The maximum absolute atomic E-state index is 13.8. The van der Waals surface area contributed by atoms with Crippen molar-refractivity contribution in [3.63, 3.8) is 0 Å². The highest BCUT2D eigenvalue weighted by Crippen LogP contribution is 3.02. The Balaban J connectivity index is 3.14. The van der Waals surface area contributed by atoms with Crippen molar-refractivity contribution >= 4 is 21.2 Å². The van der Waals surface area contributed by atoms with Gasteiger partial charge in [0.15, 0.2) is 0 Å². The normalized spacial score (nSPS) is 19.2. The molecule has 10 heteroatoms. The van der Waals surface area contributed by atoms with Gasteiger partial charge in [-0.2, -0.15) is 0 Å². The zero-order valence-electron chi connectivity index (χ0n) is 12.3. The van der Waals surface area contributed by atoms with Crippen LogP contribution in [0.5, 0.6) is 0 Å². The summed E-state index contributed by atoms with van der Waals surface area (Å²) in [6.07, 6.45) is 0. The predicted molar refractivity (Wildman–Crippen MR) is 77.2 cm³/mol. The van der Waals surface area contributed by atoms with E-state index >= 15 is 0 Å². The van der Waals surface area contributed by atoms with E-state index in [1.54, 1.807) is 20.8 Å². The minimum absolute atomic E-state index is 0.137. The number of hydrogen-bond donors (Lipinski definition) is 1. The Morgan fingerprint density at radius 1 is 1.14 bits per heavy atom. The Bertz CT molecular complexity index is 608. The molecule has 2 nitrogen and oxygen atoms in total. The third-order valence-corrected chi connectivity index (χ3v) is 5.55. The van der Waals surface area contributed by atoms with Crippen LogP contribution in [0.3, 0.4) is 0 Å². The summed E-state index contributed by atoms with van der Waals surface area (Å²) in [5, 5.41) is 0. The number of nitrogens with one attached hydrogen (secondary N) is 1. The van der Waals surface area contributed by atoms with Gasteiger partial charge in [-0.15, -0.1) is 0 Å². The van der Waals surface area contributed by atoms with Gasteiger partial charge in [0.2, 0.25) is 0 Å². The van der Waals surface area contributed by atoms with Crippen molar-refractivity contribution in [3.8, 4) is 0 Å². The molecule has 0 aliphatic rings. The molecule has 0 aliphatic heterocycles. The molecule has 1 N–H and O–H groups in total. The van der Waals surface area contributed by atoms with E-state index < -0.39 is 42.7 Å². The second kappa shape index (κ2) is 4.88. The molecule has 0 spiro atoms. The van der Waals surface area contributed by atoms with Crippen molar-refractivity contribution < 1.29 is 28.0 Å². The van der Waals surface area contributed by atoms with E-state index in [9.17, 15) is 28.0 Å². The van der Waals surface area contributed by atoms with Gasteiger partial charge in [-0.3, -0.25) is 0 Å². The fourth-order valence-electron chi connectivity index (χ4n) is 1.50. The quantitative estimate of drug-likeness (QED) is 0.688. The largest absolute Gasteiger partial charge is 0.310 e. The van der Waals surface area contributed by atoms with E-state index in [0.29, 0.717) is 6.07 Å². The molecule has 0 bridgehead atoms. The molecule has 0 amide bonds. The first kappa shape index (κ1) is 19.3. The first-order valence-electron chi connectivity index (χ1n) is 6.13. The van der Waals surface area contributed by atoms with E-state index in [0.717, 1.165) is 0 Å². The van der Waals surface area contributed by atoms with Crippen LogP contribution in [0.2, 0.25) is 0 Å². The summed E-state index contributed by atoms with van der Waals surface area (Å²) in [7, 11) is -11.5. The van der Waals surface area contributed by atoms with Crippen molar-refractivity contribution in [1.29, 1.82) is 0 Å². The molecule has 22 heavy (non-hydrogen) atoms. The van der Waals surface area contributed by atoms with Gasteiger partial charge in [0, 0.05) is 11.6 Å². The Hall–Kier alpha value is -0.740. The zero-order valence-corrected chi connectivity index (χ0v) is 13.9. The van der Waals surface area contributed by atoms with E-state index in [1.165, 1.54) is 6.92 Å². The van der Waals surface area contributed by atoms with Crippen LogP contribution in [-0.2, 0) is 11.0 Å². The molecule has 0 aliphatic carbocycles. The Morgan fingerprint density at radius 2 is 1.64 bits per heavy atom. The molecule has 130 valence electrons. The average molecular weight is 369 g/mol. The Kier molecular flexibility index (Phi) is 4.28. The lowest BCUT2D eigenvalue weighted by Gasteiger charge is -2.40. The lowest BCUT2D eigenvalue weighted by atomic mass is 10.1. The van der Waals surface area contributed by atoms with Gasteiger partial charge in [0.25, 0.3) is 0 Å². The number of hydrogen-bond acceptors (Lipinski definition) is 1. The van der Waals surface area contributed by atoms with Crippen molar-refractivity contribution in [3.05, 3.63) is 29.6 Å². The molecule has 0 heterocycles. The summed E-state index contributed by atoms with van der Waals surface area (Å²) in [6, 6.07) is -0.375. The predicted octanol–water partition coefficient (Wildman–Crippen LogP) is 5.60. The monoisotopic (exact) mass is 369 g/mol. The standard InChI is InChI=1S/C12H17F6NOS2/c1-8(19-21(20)12(2,3)4)10-6-5-9(7-11(10)13)22(14,15,16,17)18/h5-8,19H,1-4H3/t8-,21+/m1/s1. The van der Waals surface area contributed by atoms with Crippen LogP contribution in [0.1, 0.15) is 39.3 Å². The lowest BCUT2D eigenvalue weighted by Crippen LogP contribution is -2.35. The molecular formula is C12H17F6NOS2. The molecule has 0 aromatic heterocycles.